The van der Waals surface area contributed by atoms with Crippen LogP contribution in [-0.4, -0.2) is 5.11 Å². The number of hydrogen-bond acceptors (Lipinski definition) is 2. The molecule has 1 unspecified atom stereocenters. The molecular weight excluding hydrogens is 161 g/mol. The third kappa shape index (κ3) is 1.61. The Kier molecular flexibility index (Phi) is 2.32. The number of aromatic hydroxyl groups is 1. The number of rotatable bonds is 1. The van der Waals surface area contributed by atoms with Gasteiger partial charge in [0.2, 0.25) is 0 Å². The molecule has 0 aromatic heterocycles. The van der Waals surface area contributed by atoms with Gasteiger partial charge in [0.15, 0.2) is 0 Å². The largest absolute Gasteiger partial charge is 0.507 e. The van der Waals surface area contributed by atoms with Crippen LogP contribution in [0.25, 0.3) is 10.4 Å². The van der Waals surface area contributed by atoms with Crippen LogP contribution in [0.1, 0.15) is 0 Å². The van der Waals surface area contributed by atoms with Gasteiger partial charge in [-0.2, -0.15) is 0 Å². The van der Waals surface area contributed by atoms with Crippen LogP contribution >= 0.6 is 9.24 Å². The molecule has 0 aliphatic rings. The Morgan fingerprint density at radius 1 is 1.55 bits per heavy atom. The second-order valence-corrected chi connectivity index (χ2v) is 2.48. The summed E-state index contributed by atoms with van der Waals surface area (Å²) in [5, 5.41) is 13.0. The summed E-state index contributed by atoms with van der Waals surface area (Å²) in [6.07, 6.45) is 0. The molecular formula is C6H6N3OP. The quantitative estimate of drug-likeness (QED) is 0.295. The molecule has 0 spiro atoms. The monoisotopic (exact) mass is 167 g/mol. The van der Waals surface area contributed by atoms with Crippen LogP contribution in [0, 0.1) is 0 Å². The van der Waals surface area contributed by atoms with Gasteiger partial charge in [0.05, 0.1) is 0 Å². The number of hydrogen-bond donors (Lipinski definition) is 1. The Bertz CT molecular complexity index is 320. The Hall–Kier alpha value is -1.24. The van der Waals surface area contributed by atoms with E-state index < -0.39 is 0 Å². The van der Waals surface area contributed by atoms with E-state index in [2.05, 4.69) is 19.3 Å². The van der Waals surface area contributed by atoms with E-state index in [9.17, 15) is 0 Å². The Balaban J connectivity index is 3.26. The molecule has 4 nitrogen and oxygen atoms in total. The topological polar surface area (TPSA) is 69.0 Å². The van der Waals surface area contributed by atoms with E-state index in [1.807, 2.05) is 0 Å². The van der Waals surface area contributed by atoms with Crippen LogP contribution < -0.4 is 5.30 Å². The van der Waals surface area contributed by atoms with Gasteiger partial charge in [-0.15, -0.1) is 9.24 Å². The number of azide groups is 1. The van der Waals surface area contributed by atoms with Gasteiger partial charge in [-0.05, 0) is 11.6 Å². The highest BCUT2D eigenvalue weighted by atomic mass is 31.0. The summed E-state index contributed by atoms with van der Waals surface area (Å²) >= 11 is 0. The first-order valence-electron chi connectivity index (χ1n) is 2.88. The molecule has 56 valence electrons. The predicted octanol–water partition coefficient (Wildman–Crippen LogP) is 1.83. The maximum atomic E-state index is 9.12. The van der Waals surface area contributed by atoms with E-state index in [1.165, 1.54) is 6.07 Å². The van der Waals surface area contributed by atoms with Crippen molar-refractivity contribution in [3.05, 3.63) is 28.6 Å². The van der Waals surface area contributed by atoms with Crippen molar-refractivity contribution in [2.24, 2.45) is 5.11 Å². The van der Waals surface area contributed by atoms with Gasteiger partial charge in [0, 0.05) is 15.9 Å². The predicted molar refractivity (Wildman–Crippen MR) is 46.3 cm³/mol. The van der Waals surface area contributed by atoms with E-state index in [0.717, 1.165) is 0 Å². The van der Waals surface area contributed by atoms with Gasteiger partial charge >= 0.3 is 0 Å². The minimum atomic E-state index is 0.111. The third-order valence-corrected chi connectivity index (χ3v) is 1.80. The fourth-order valence-corrected chi connectivity index (χ4v) is 0.927. The molecule has 0 saturated heterocycles. The average molecular weight is 167 g/mol. The van der Waals surface area contributed by atoms with E-state index in [-0.39, 0.29) is 5.75 Å². The SMILES string of the molecule is [N-]=[N+]=Nc1cccc(O)c1P. The number of benzene rings is 1. The zero-order valence-electron chi connectivity index (χ0n) is 5.60. The minimum absolute atomic E-state index is 0.111. The van der Waals surface area contributed by atoms with E-state index >= 15 is 0 Å². The molecule has 0 radical (unpaired) electrons. The molecule has 0 amide bonds. The molecule has 11 heavy (non-hydrogen) atoms. The number of nitrogens with zero attached hydrogens (tertiary/aromatic N) is 3. The normalized spacial score (nSPS) is 8.82. The highest BCUT2D eigenvalue weighted by Gasteiger charge is 1.98. The first kappa shape index (κ1) is 7.86. The van der Waals surface area contributed by atoms with E-state index in [1.54, 1.807) is 12.1 Å². The highest BCUT2D eigenvalue weighted by molar-refractivity contribution is 7.28. The summed E-state index contributed by atoms with van der Waals surface area (Å²) in [5.41, 5.74) is 8.53. The number of phenols is 1. The van der Waals surface area contributed by atoms with E-state index in [0.29, 0.717) is 11.0 Å². The summed E-state index contributed by atoms with van der Waals surface area (Å²) in [4.78, 5) is 2.61. The zero-order valence-corrected chi connectivity index (χ0v) is 6.75. The molecule has 0 heterocycles. The highest BCUT2D eigenvalue weighted by Crippen LogP contribution is 2.18. The lowest BCUT2D eigenvalue weighted by Crippen LogP contribution is -1.90. The molecule has 0 fully saturated rings. The lowest BCUT2D eigenvalue weighted by atomic mass is 10.3. The van der Waals surface area contributed by atoms with Crippen LogP contribution in [0.15, 0.2) is 23.3 Å². The standard InChI is InChI=1S/C6H6N3OP/c7-9-8-4-2-1-3-5(10)6(4)11/h1-3,10H,11H2. The third-order valence-electron chi connectivity index (χ3n) is 1.21. The van der Waals surface area contributed by atoms with Crippen molar-refractivity contribution in [1.82, 2.24) is 0 Å². The second-order valence-electron chi connectivity index (χ2n) is 1.90. The Morgan fingerprint density at radius 3 is 2.91 bits per heavy atom. The van der Waals surface area contributed by atoms with E-state index in [4.69, 9.17) is 10.6 Å². The van der Waals surface area contributed by atoms with Crippen LogP contribution in [0.5, 0.6) is 5.75 Å². The summed E-state index contributed by atoms with van der Waals surface area (Å²) in [6, 6.07) is 4.77. The first-order valence-corrected chi connectivity index (χ1v) is 3.46. The molecule has 0 aliphatic heterocycles. The second kappa shape index (κ2) is 3.24. The molecule has 1 rings (SSSR count). The number of phenolic OH excluding ortho intramolecular Hbond substituents is 1. The van der Waals surface area contributed by atoms with Crippen molar-refractivity contribution in [1.29, 1.82) is 0 Å². The fraction of sp³-hybridized carbons (Fsp3) is 0. The molecule has 0 saturated carbocycles. The van der Waals surface area contributed by atoms with Gasteiger partial charge in [-0.1, -0.05) is 17.2 Å². The van der Waals surface area contributed by atoms with Gasteiger partial charge < -0.3 is 5.11 Å². The van der Waals surface area contributed by atoms with Crippen molar-refractivity contribution >= 4 is 20.2 Å². The van der Waals surface area contributed by atoms with Gasteiger partial charge in [-0.3, -0.25) is 0 Å². The minimum Gasteiger partial charge on any atom is -0.507 e. The van der Waals surface area contributed by atoms with Crippen molar-refractivity contribution < 1.29 is 5.11 Å². The fourth-order valence-electron chi connectivity index (χ4n) is 0.677. The maximum absolute atomic E-state index is 9.12. The summed E-state index contributed by atoms with van der Waals surface area (Å²) in [7, 11) is 2.30. The van der Waals surface area contributed by atoms with Crippen molar-refractivity contribution in [2.45, 2.75) is 0 Å². The zero-order chi connectivity index (χ0) is 8.27. The van der Waals surface area contributed by atoms with Crippen LogP contribution in [0.2, 0.25) is 0 Å². The van der Waals surface area contributed by atoms with Gasteiger partial charge in [-0.25, -0.2) is 0 Å². The van der Waals surface area contributed by atoms with Crippen LogP contribution in [-0.2, 0) is 0 Å². The molecule has 5 heteroatoms. The van der Waals surface area contributed by atoms with Gasteiger partial charge in [0.1, 0.15) is 5.75 Å². The molecule has 0 bridgehead atoms. The van der Waals surface area contributed by atoms with Crippen molar-refractivity contribution in [3.8, 4) is 5.75 Å². The molecule has 1 aromatic carbocycles. The molecule has 1 atom stereocenters. The smallest absolute Gasteiger partial charge is 0.123 e. The summed E-state index contributed by atoms with van der Waals surface area (Å²) in [6.45, 7) is 0. The first-order chi connectivity index (χ1) is 5.25. The average Bonchev–Trinajstić information content (AvgIpc) is 1.99. The molecule has 1 aromatic rings. The van der Waals surface area contributed by atoms with Crippen LogP contribution in [0.3, 0.4) is 0 Å². The Morgan fingerprint density at radius 2 is 2.27 bits per heavy atom. The Labute approximate surface area is 65.7 Å². The molecule has 1 N–H and O–H groups in total. The molecule has 0 aliphatic carbocycles. The maximum Gasteiger partial charge on any atom is 0.123 e. The van der Waals surface area contributed by atoms with Crippen molar-refractivity contribution in [2.75, 3.05) is 0 Å². The summed E-state index contributed by atoms with van der Waals surface area (Å²) < 4.78 is 0. The lowest BCUT2D eigenvalue weighted by Gasteiger charge is -1.99. The lowest BCUT2D eigenvalue weighted by molar-refractivity contribution is 0.480. The van der Waals surface area contributed by atoms with Crippen molar-refractivity contribution in [3.63, 3.8) is 0 Å². The summed E-state index contributed by atoms with van der Waals surface area (Å²) in [5.74, 6) is 0.111. The van der Waals surface area contributed by atoms with Gasteiger partial charge in [0.25, 0.3) is 0 Å². The van der Waals surface area contributed by atoms with Crippen LogP contribution in [0.4, 0.5) is 5.69 Å².